The van der Waals surface area contributed by atoms with Crippen molar-refractivity contribution in [3.8, 4) is 27.5 Å². The van der Waals surface area contributed by atoms with E-state index >= 15 is 0 Å². The molecule has 2 heterocycles. The Balaban J connectivity index is 0.00000103. The van der Waals surface area contributed by atoms with Crippen LogP contribution in [0.15, 0.2) is 58.9 Å². The SMILES string of the molecule is Cc1nn(-c2nc(-c3ccc(C(F)F)cc3)c(SC(C)C)s2)cc1-c1cccc(F)c1.O=C=O. The van der Waals surface area contributed by atoms with E-state index in [2.05, 4.69) is 18.9 Å². The summed E-state index contributed by atoms with van der Waals surface area (Å²) in [6, 6.07) is 12.6. The van der Waals surface area contributed by atoms with Crippen molar-refractivity contribution in [2.75, 3.05) is 0 Å². The number of carbonyl (C=O) groups excluding carboxylic acids is 2. The van der Waals surface area contributed by atoms with Crippen molar-refractivity contribution >= 4 is 29.3 Å². The molecular formula is C24H20F3N3O2S2. The molecular weight excluding hydrogens is 483 g/mol. The molecule has 0 radical (unpaired) electrons. The summed E-state index contributed by atoms with van der Waals surface area (Å²) in [5.41, 5.74) is 3.86. The predicted molar refractivity (Wildman–Crippen MR) is 126 cm³/mol. The number of hydrogen-bond donors (Lipinski definition) is 0. The lowest BCUT2D eigenvalue weighted by atomic mass is 10.1. The molecule has 5 nitrogen and oxygen atoms in total. The molecule has 0 bridgehead atoms. The quantitative estimate of drug-likeness (QED) is 0.266. The van der Waals surface area contributed by atoms with Gasteiger partial charge in [-0.1, -0.05) is 61.6 Å². The summed E-state index contributed by atoms with van der Waals surface area (Å²) >= 11 is 3.17. The van der Waals surface area contributed by atoms with Crippen LogP contribution in [0, 0.1) is 12.7 Å². The Labute approximate surface area is 202 Å². The van der Waals surface area contributed by atoms with Crippen LogP contribution in [0.1, 0.15) is 31.5 Å². The highest BCUT2D eigenvalue weighted by molar-refractivity contribution is 8.01. The Hall–Kier alpha value is -3.20. The highest BCUT2D eigenvalue weighted by atomic mass is 32.2. The van der Waals surface area contributed by atoms with Crippen molar-refractivity contribution < 1.29 is 22.8 Å². The average Bonchev–Trinajstić information content (AvgIpc) is 3.37. The zero-order chi connectivity index (χ0) is 24.8. The lowest BCUT2D eigenvalue weighted by Gasteiger charge is -2.05. The van der Waals surface area contributed by atoms with Crippen LogP contribution in [0.4, 0.5) is 13.2 Å². The highest BCUT2D eigenvalue weighted by Crippen LogP contribution is 2.40. The molecule has 2 aromatic carbocycles. The Morgan fingerprint density at radius 3 is 2.32 bits per heavy atom. The third kappa shape index (κ3) is 6.02. The molecule has 0 saturated heterocycles. The summed E-state index contributed by atoms with van der Waals surface area (Å²) in [6.07, 6.45) is -0.408. The summed E-state index contributed by atoms with van der Waals surface area (Å²) in [5, 5.41) is 5.58. The second-order valence-corrected chi connectivity index (χ2v) is 10.2. The van der Waals surface area contributed by atoms with E-state index < -0.39 is 6.43 Å². The van der Waals surface area contributed by atoms with Gasteiger partial charge in [0.05, 0.1) is 15.6 Å². The summed E-state index contributed by atoms with van der Waals surface area (Å²) in [6.45, 7) is 6.06. The molecule has 4 aromatic rings. The van der Waals surface area contributed by atoms with Crippen molar-refractivity contribution in [3.63, 3.8) is 0 Å². The van der Waals surface area contributed by atoms with Crippen LogP contribution in [0.25, 0.3) is 27.5 Å². The maximum absolute atomic E-state index is 13.7. The molecule has 0 fully saturated rings. The van der Waals surface area contributed by atoms with Gasteiger partial charge >= 0.3 is 6.15 Å². The van der Waals surface area contributed by atoms with Gasteiger partial charge in [-0.05, 0) is 24.6 Å². The standard InChI is InChI=1S/C23H20F3N3S2.CO2/c1-13(2)30-22-20(15-7-9-16(10-8-15)21(25)26)27-23(31-22)29-12-19(14(3)28-29)17-5-4-6-18(24)11-17;2-1-3/h4-13,21H,1-3H3;. The molecule has 0 spiro atoms. The summed E-state index contributed by atoms with van der Waals surface area (Å²) in [5.74, 6) is -0.302. The van der Waals surface area contributed by atoms with Gasteiger partial charge in [-0.15, -0.1) is 11.8 Å². The van der Waals surface area contributed by atoms with Crippen molar-refractivity contribution in [1.29, 1.82) is 0 Å². The highest BCUT2D eigenvalue weighted by Gasteiger charge is 2.19. The summed E-state index contributed by atoms with van der Waals surface area (Å²) < 4.78 is 42.2. The van der Waals surface area contributed by atoms with Crippen LogP contribution in [0.2, 0.25) is 0 Å². The van der Waals surface area contributed by atoms with Gasteiger partial charge in [0.25, 0.3) is 6.43 Å². The van der Waals surface area contributed by atoms with Crippen LogP contribution < -0.4 is 0 Å². The summed E-state index contributed by atoms with van der Waals surface area (Å²) in [7, 11) is 0. The van der Waals surface area contributed by atoms with Crippen molar-refractivity contribution in [2.45, 2.75) is 36.7 Å². The first-order valence-corrected chi connectivity index (χ1v) is 11.8. The molecule has 2 aromatic heterocycles. The van der Waals surface area contributed by atoms with Crippen LogP contribution in [0.5, 0.6) is 0 Å². The van der Waals surface area contributed by atoms with Crippen molar-refractivity contribution in [2.24, 2.45) is 0 Å². The number of alkyl halides is 2. The predicted octanol–water partition coefficient (Wildman–Crippen LogP) is 6.96. The Morgan fingerprint density at radius 2 is 1.74 bits per heavy atom. The number of hydrogen-bond acceptors (Lipinski definition) is 6. The van der Waals surface area contributed by atoms with Gasteiger partial charge < -0.3 is 0 Å². The van der Waals surface area contributed by atoms with Gasteiger partial charge in [-0.2, -0.15) is 14.7 Å². The van der Waals surface area contributed by atoms with Gasteiger partial charge in [0, 0.05) is 28.1 Å². The van der Waals surface area contributed by atoms with Crippen LogP contribution >= 0.6 is 23.1 Å². The van der Waals surface area contributed by atoms with E-state index in [1.807, 2.05) is 19.2 Å². The van der Waals surface area contributed by atoms with Crippen LogP contribution in [-0.2, 0) is 9.59 Å². The molecule has 0 aliphatic heterocycles. The first-order chi connectivity index (χ1) is 16.2. The third-order valence-electron chi connectivity index (χ3n) is 4.59. The fourth-order valence-corrected chi connectivity index (χ4v) is 5.60. The molecule has 0 unspecified atom stereocenters. The van der Waals surface area contributed by atoms with Crippen LogP contribution in [0.3, 0.4) is 0 Å². The maximum atomic E-state index is 13.7. The monoisotopic (exact) mass is 503 g/mol. The van der Waals surface area contributed by atoms with Gasteiger partial charge in [0.1, 0.15) is 5.82 Å². The molecule has 176 valence electrons. The minimum absolute atomic E-state index is 0.0142. The molecule has 0 saturated carbocycles. The van der Waals surface area contributed by atoms with E-state index in [9.17, 15) is 13.2 Å². The second-order valence-electron chi connectivity index (χ2n) is 7.39. The third-order valence-corrected chi connectivity index (χ3v) is 6.85. The zero-order valence-electron chi connectivity index (χ0n) is 18.5. The number of thioether (sulfide) groups is 1. The van der Waals surface area contributed by atoms with E-state index in [1.165, 1.54) is 35.6 Å². The van der Waals surface area contributed by atoms with Crippen molar-refractivity contribution in [1.82, 2.24) is 14.8 Å². The van der Waals surface area contributed by atoms with E-state index in [0.29, 0.717) is 10.4 Å². The summed E-state index contributed by atoms with van der Waals surface area (Å²) in [4.78, 5) is 21.0. The van der Waals surface area contributed by atoms with Crippen LogP contribution in [-0.4, -0.2) is 26.2 Å². The number of thiazole rings is 1. The molecule has 0 aliphatic rings. The lowest BCUT2D eigenvalue weighted by Crippen LogP contribution is -1.94. The average molecular weight is 504 g/mol. The van der Waals surface area contributed by atoms with E-state index in [4.69, 9.17) is 14.6 Å². The number of aryl methyl sites for hydroxylation is 1. The number of rotatable bonds is 6. The smallest absolute Gasteiger partial charge is 0.217 e. The van der Waals surface area contributed by atoms with Gasteiger partial charge in [0.15, 0.2) is 0 Å². The topological polar surface area (TPSA) is 64.8 Å². The lowest BCUT2D eigenvalue weighted by molar-refractivity contribution is -0.191. The Morgan fingerprint density at radius 1 is 1.06 bits per heavy atom. The molecule has 0 amide bonds. The molecule has 4 rings (SSSR count). The van der Waals surface area contributed by atoms with Gasteiger partial charge in [-0.25, -0.2) is 22.8 Å². The largest absolute Gasteiger partial charge is 0.373 e. The molecule has 34 heavy (non-hydrogen) atoms. The van der Waals surface area contributed by atoms with Gasteiger partial charge in [0.2, 0.25) is 5.13 Å². The number of benzene rings is 2. The fraction of sp³-hybridized carbons (Fsp3) is 0.208. The minimum Gasteiger partial charge on any atom is -0.217 e. The number of halogens is 3. The molecule has 0 aliphatic carbocycles. The van der Waals surface area contributed by atoms with Gasteiger partial charge in [-0.3, -0.25) is 0 Å². The second kappa shape index (κ2) is 11.3. The first-order valence-electron chi connectivity index (χ1n) is 10.1. The molecule has 10 heteroatoms. The Bertz CT molecular complexity index is 1300. The minimum atomic E-state index is -2.50. The van der Waals surface area contributed by atoms with E-state index in [-0.39, 0.29) is 17.5 Å². The normalized spacial score (nSPS) is 10.8. The molecule has 0 N–H and O–H groups in total. The maximum Gasteiger partial charge on any atom is 0.373 e. The van der Waals surface area contributed by atoms with E-state index in [0.717, 1.165) is 32.3 Å². The first kappa shape index (κ1) is 25.4. The number of aromatic nitrogens is 3. The fourth-order valence-electron chi connectivity index (χ4n) is 3.15. The number of nitrogens with zero attached hydrogens (tertiary/aromatic N) is 3. The Kier molecular flexibility index (Phi) is 8.44. The molecule has 0 atom stereocenters. The van der Waals surface area contributed by atoms with E-state index in [1.54, 1.807) is 34.6 Å². The van der Waals surface area contributed by atoms with Crippen molar-refractivity contribution in [3.05, 3.63) is 71.8 Å². The zero-order valence-corrected chi connectivity index (χ0v) is 20.1.